The summed E-state index contributed by atoms with van der Waals surface area (Å²) in [6.45, 7) is 3.46. The van der Waals surface area contributed by atoms with E-state index < -0.39 is 5.97 Å². The normalized spacial score (nSPS) is 11.8. The van der Waals surface area contributed by atoms with Crippen LogP contribution in [0.2, 0.25) is 0 Å². The SMILES string of the molecule is Cc1nc2cc(C(=O)OCC(=O)N[C@@H](C)c3ccccc3)ccc2n1-c1ccccc1. The summed E-state index contributed by atoms with van der Waals surface area (Å²) in [5, 5.41) is 2.83. The van der Waals surface area contributed by atoms with Gasteiger partial charge in [0.05, 0.1) is 22.6 Å². The van der Waals surface area contributed by atoms with Gasteiger partial charge in [-0.2, -0.15) is 0 Å². The number of hydrogen-bond donors (Lipinski definition) is 1. The number of fused-ring (bicyclic) bond motifs is 1. The summed E-state index contributed by atoms with van der Waals surface area (Å²) < 4.78 is 7.24. The van der Waals surface area contributed by atoms with E-state index in [1.54, 1.807) is 12.1 Å². The highest BCUT2D eigenvalue weighted by Crippen LogP contribution is 2.22. The number of para-hydroxylation sites is 1. The van der Waals surface area contributed by atoms with Crippen molar-refractivity contribution in [2.45, 2.75) is 19.9 Å². The number of rotatable bonds is 6. The monoisotopic (exact) mass is 413 g/mol. The number of aryl methyl sites for hydroxylation is 1. The quantitative estimate of drug-likeness (QED) is 0.477. The Hall–Kier alpha value is -3.93. The largest absolute Gasteiger partial charge is 0.452 e. The predicted octanol–water partition coefficient (Wildman–Crippen LogP) is 4.37. The van der Waals surface area contributed by atoms with Gasteiger partial charge >= 0.3 is 5.97 Å². The molecule has 0 aliphatic heterocycles. The van der Waals surface area contributed by atoms with E-state index in [0.29, 0.717) is 11.1 Å². The highest BCUT2D eigenvalue weighted by atomic mass is 16.5. The maximum atomic E-state index is 12.5. The Balaban J connectivity index is 1.43. The second-order valence-corrected chi connectivity index (χ2v) is 7.31. The number of nitrogens with zero attached hydrogens (tertiary/aromatic N) is 2. The van der Waals surface area contributed by atoms with Gasteiger partial charge in [-0.3, -0.25) is 9.36 Å². The second kappa shape index (κ2) is 8.83. The van der Waals surface area contributed by atoms with Gasteiger partial charge in [-0.1, -0.05) is 48.5 Å². The lowest BCUT2D eigenvalue weighted by Crippen LogP contribution is -2.31. The molecule has 0 unspecified atom stereocenters. The molecule has 1 N–H and O–H groups in total. The zero-order chi connectivity index (χ0) is 21.8. The number of nitrogens with one attached hydrogen (secondary N) is 1. The molecule has 4 aromatic rings. The number of amides is 1. The van der Waals surface area contributed by atoms with E-state index in [4.69, 9.17) is 4.74 Å². The third-order valence-electron chi connectivity index (χ3n) is 5.08. The molecule has 1 aromatic heterocycles. The Bertz CT molecular complexity index is 1220. The molecule has 156 valence electrons. The van der Waals surface area contributed by atoms with Gasteiger partial charge in [0, 0.05) is 5.69 Å². The average molecular weight is 413 g/mol. The maximum Gasteiger partial charge on any atom is 0.338 e. The number of ether oxygens (including phenoxy) is 1. The standard InChI is InChI=1S/C25H23N3O3/c1-17(19-9-5-3-6-10-19)26-24(29)16-31-25(30)20-13-14-23-22(15-20)27-18(2)28(23)21-11-7-4-8-12-21/h3-15,17H,16H2,1-2H3,(H,26,29)/t17-/m0/s1. The van der Waals surface area contributed by atoms with Crippen molar-refractivity contribution in [1.29, 1.82) is 0 Å². The van der Waals surface area contributed by atoms with E-state index in [-0.39, 0.29) is 18.6 Å². The van der Waals surface area contributed by atoms with Crippen LogP contribution in [-0.4, -0.2) is 28.0 Å². The topological polar surface area (TPSA) is 73.2 Å². The van der Waals surface area contributed by atoms with Crippen molar-refractivity contribution in [2.75, 3.05) is 6.61 Å². The number of benzene rings is 3. The van der Waals surface area contributed by atoms with E-state index in [1.165, 1.54) is 0 Å². The summed E-state index contributed by atoms with van der Waals surface area (Å²) in [5.74, 6) is -0.0905. The van der Waals surface area contributed by atoms with Gasteiger partial charge in [0.1, 0.15) is 5.82 Å². The molecule has 3 aromatic carbocycles. The van der Waals surface area contributed by atoms with Gasteiger partial charge in [-0.15, -0.1) is 0 Å². The minimum absolute atomic E-state index is 0.173. The molecule has 6 heteroatoms. The molecule has 6 nitrogen and oxygen atoms in total. The summed E-state index contributed by atoms with van der Waals surface area (Å²) in [5.41, 5.74) is 3.93. The van der Waals surface area contributed by atoms with Crippen LogP contribution >= 0.6 is 0 Å². The molecule has 0 saturated carbocycles. The number of carbonyl (C=O) groups excluding carboxylic acids is 2. The number of carbonyl (C=O) groups is 2. The predicted molar refractivity (Wildman–Crippen MR) is 119 cm³/mol. The van der Waals surface area contributed by atoms with Crippen molar-refractivity contribution in [3.05, 3.63) is 95.8 Å². The first-order valence-electron chi connectivity index (χ1n) is 10.1. The van der Waals surface area contributed by atoms with Crippen LogP contribution < -0.4 is 5.32 Å². The molecule has 31 heavy (non-hydrogen) atoms. The van der Waals surface area contributed by atoms with Gasteiger partial charge in [0.25, 0.3) is 5.91 Å². The highest BCUT2D eigenvalue weighted by molar-refractivity contribution is 5.95. The fourth-order valence-corrected chi connectivity index (χ4v) is 3.55. The lowest BCUT2D eigenvalue weighted by atomic mass is 10.1. The summed E-state index contributed by atoms with van der Waals surface area (Å²) >= 11 is 0. The van der Waals surface area contributed by atoms with Crippen molar-refractivity contribution < 1.29 is 14.3 Å². The van der Waals surface area contributed by atoms with Crippen LogP contribution in [0.5, 0.6) is 0 Å². The molecular formula is C25H23N3O3. The smallest absolute Gasteiger partial charge is 0.338 e. The molecule has 1 amide bonds. The molecule has 0 fully saturated rings. The first kappa shape index (κ1) is 20.3. The van der Waals surface area contributed by atoms with E-state index in [2.05, 4.69) is 10.3 Å². The number of esters is 1. The van der Waals surface area contributed by atoms with Crippen molar-refractivity contribution >= 4 is 22.9 Å². The van der Waals surface area contributed by atoms with Gasteiger partial charge in [-0.05, 0) is 49.7 Å². The highest BCUT2D eigenvalue weighted by Gasteiger charge is 2.16. The molecule has 0 aliphatic carbocycles. The van der Waals surface area contributed by atoms with Crippen molar-refractivity contribution in [1.82, 2.24) is 14.9 Å². The van der Waals surface area contributed by atoms with Crippen molar-refractivity contribution in [3.8, 4) is 5.69 Å². The first-order chi connectivity index (χ1) is 15.0. The van der Waals surface area contributed by atoms with E-state index in [9.17, 15) is 9.59 Å². The Labute approximate surface area is 180 Å². The number of hydrogen-bond acceptors (Lipinski definition) is 4. The van der Waals surface area contributed by atoms with Gasteiger partial charge in [0.15, 0.2) is 6.61 Å². The molecular weight excluding hydrogens is 390 g/mol. The van der Waals surface area contributed by atoms with Crippen molar-refractivity contribution in [2.24, 2.45) is 0 Å². The van der Waals surface area contributed by atoms with E-state index in [1.807, 2.05) is 85.1 Å². The Morgan fingerprint density at radius 2 is 1.68 bits per heavy atom. The van der Waals surface area contributed by atoms with Crippen LogP contribution in [0.3, 0.4) is 0 Å². The minimum atomic E-state index is -0.559. The first-order valence-corrected chi connectivity index (χ1v) is 10.1. The van der Waals surface area contributed by atoms with Crippen LogP contribution in [-0.2, 0) is 9.53 Å². The third-order valence-corrected chi connectivity index (χ3v) is 5.08. The summed E-state index contributed by atoms with van der Waals surface area (Å²) in [4.78, 5) is 29.2. The second-order valence-electron chi connectivity index (χ2n) is 7.31. The van der Waals surface area contributed by atoms with Crippen LogP contribution in [0.25, 0.3) is 16.7 Å². The van der Waals surface area contributed by atoms with Crippen LogP contribution in [0.1, 0.15) is 34.7 Å². The molecule has 0 saturated heterocycles. The zero-order valence-electron chi connectivity index (χ0n) is 17.4. The van der Waals surface area contributed by atoms with E-state index >= 15 is 0 Å². The fraction of sp³-hybridized carbons (Fsp3) is 0.160. The molecule has 0 radical (unpaired) electrons. The Morgan fingerprint density at radius 1 is 1.00 bits per heavy atom. The lowest BCUT2D eigenvalue weighted by molar-refractivity contribution is -0.124. The van der Waals surface area contributed by atoms with Crippen LogP contribution in [0.4, 0.5) is 0 Å². The molecule has 1 atom stereocenters. The number of aromatic nitrogens is 2. The molecule has 4 rings (SSSR count). The van der Waals surface area contributed by atoms with Gasteiger partial charge in [-0.25, -0.2) is 9.78 Å². The van der Waals surface area contributed by atoms with Gasteiger partial charge < -0.3 is 10.1 Å². The lowest BCUT2D eigenvalue weighted by Gasteiger charge is -2.14. The molecule has 0 aliphatic rings. The van der Waals surface area contributed by atoms with Crippen LogP contribution in [0, 0.1) is 6.92 Å². The summed E-state index contributed by atoms with van der Waals surface area (Å²) in [6.07, 6.45) is 0. The average Bonchev–Trinajstić information content (AvgIpc) is 3.13. The molecule has 0 bridgehead atoms. The zero-order valence-corrected chi connectivity index (χ0v) is 17.4. The summed E-state index contributed by atoms with van der Waals surface area (Å²) in [6, 6.07) is 24.6. The molecule has 1 heterocycles. The Kier molecular flexibility index (Phi) is 5.80. The van der Waals surface area contributed by atoms with Gasteiger partial charge in [0.2, 0.25) is 0 Å². The Morgan fingerprint density at radius 3 is 2.39 bits per heavy atom. The fourth-order valence-electron chi connectivity index (χ4n) is 3.55. The number of imidazole rings is 1. The van der Waals surface area contributed by atoms with Crippen LogP contribution in [0.15, 0.2) is 78.9 Å². The third kappa shape index (κ3) is 4.48. The summed E-state index contributed by atoms with van der Waals surface area (Å²) in [7, 11) is 0. The maximum absolute atomic E-state index is 12.5. The molecule has 0 spiro atoms. The van der Waals surface area contributed by atoms with E-state index in [0.717, 1.165) is 22.6 Å². The minimum Gasteiger partial charge on any atom is -0.452 e. The van der Waals surface area contributed by atoms with Crippen molar-refractivity contribution in [3.63, 3.8) is 0 Å².